The summed E-state index contributed by atoms with van der Waals surface area (Å²) in [5.41, 5.74) is 16.2. The third-order valence-electron chi connectivity index (χ3n) is 16.2. The van der Waals surface area contributed by atoms with Crippen molar-refractivity contribution in [3.63, 3.8) is 0 Å². The molecule has 0 unspecified atom stereocenters. The van der Waals surface area contributed by atoms with E-state index in [2.05, 4.69) is 251 Å². The Kier molecular flexibility index (Phi) is 10.4. The van der Waals surface area contributed by atoms with Crippen LogP contribution in [0.2, 0.25) is 0 Å². The second kappa shape index (κ2) is 18.1. The largest absolute Gasteiger partial charge is 0.318 e. The highest BCUT2D eigenvalue weighted by Gasteiger charge is 2.33. The molecule has 0 aliphatic heterocycles. The number of hydrogen-bond donors (Lipinski definition) is 0. The van der Waals surface area contributed by atoms with Crippen molar-refractivity contribution < 1.29 is 0 Å². The number of aromatic nitrogens is 2. The smallest absolute Gasteiger partial charge is 0.220 e. The van der Waals surface area contributed by atoms with Crippen LogP contribution < -0.4 is 0 Å². The molecular weight excluding hydrogens is 1010 g/mol. The number of thiophene rings is 2. The lowest BCUT2D eigenvalue weighted by atomic mass is 9.88. The third kappa shape index (κ3) is 6.65. The molecule has 370 valence electrons. The highest BCUT2D eigenvalue weighted by Crippen LogP contribution is 2.56. The van der Waals surface area contributed by atoms with Gasteiger partial charge in [0.05, 0.1) is 55.0 Å². The molecule has 80 heavy (non-hydrogen) atoms. The number of rotatable bonds is 7. The zero-order chi connectivity index (χ0) is 53.0. The van der Waals surface area contributed by atoms with Crippen LogP contribution in [0.5, 0.6) is 0 Å². The van der Waals surface area contributed by atoms with Crippen molar-refractivity contribution in [1.29, 1.82) is 5.26 Å². The quantitative estimate of drug-likeness (QED) is 0.147. The third-order valence-corrected chi connectivity index (χ3v) is 18.5. The van der Waals surface area contributed by atoms with E-state index in [-0.39, 0.29) is 0 Å². The predicted molar refractivity (Wildman–Crippen MR) is 339 cm³/mol. The summed E-state index contributed by atoms with van der Waals surface area (Å²) < 4.78 is 9.42. The molecule has 0 bridgehead atoms. The lowest BCUT2D eigenvalue weighted by Crippen LogP contribution is -2.09. The van der Waals surface area contributed by atoms with Gasteiger partial charge in [-0.2, -0.15) is 5.26 Å². The van der Waals surface area contributed by atoms with Gasteiger partial charge in [0.2, 0.25) is 5.69 Å². The molecule has 12 aromatic carbocycles. The summed E-state index contributed by atoms with van der Waals surface area (Å²) in [5, 5.41) is 21.5. The van der Waals surface area contributed by atoms with Crippen molar-refractivity contribution in [2.24, 2.45) is 0 Å². The van der Waals surface area contributed by atoms with E-state index in [4.69, 9.17) is 0 Å². The number of nitrogens with zero attached hydrogens (tertiary/aromatic N) is 4. The van der Waals surface area contributed by atoms with Crippen LogP contribution in [0.4, 0.5) is 5.69 Å². The maximum Gasteiger partial charge on any atom is 0.220 e. The van der Waals surface area contributed by atoms with Gasteiger partial charge in [0.15, 0.2) is 0 Å². The lowest BCUT2D eigenvalue weighted by molar-refractivity contribution is 1.14. The fourth-order valence-corrected chi connectivity index (χ4v) is 15.5. The molecular formula is C74H42N4S2. The Balaban J connectivity index is 1.18. The van der Waals surface area contributed by atoms with Crippen molar-refractivity contribution in [3.05, 3.63) is 272 Å². The van der Waals surface area contributed by atoms with Crippen LogP contribution in [0.1, 0.15) is 5.56 Å². The number of para-hydroxylation sites is 1. The van der Waals surface area contributed by atoms with E-state index in [0.717, 1.165) is 114 Å². The Morgan fingerprint density at radius 2 is 0.762 bits per heavy atom. The van der Waals surface area contributed by atoms with E-state index < -0.39 is 0 Å². The molecule has 0 radical (unpaired) electrons. The van der Waals surface area contributed by atoms with Gasteiger partial charge in [-0.25, -0.2) is 4.85 Å². The lowest BCUT2D eigenvalue weighted by Gasteiger charge is -2.26. The Morgan fingerprint density at radius 3 is 1.25 bits per heavy atom. The number of fused-ring (bicyclic) bond motifs is 14. The van der Waals surface area contributed by atoms with Crippen molar-refractivity contribution in [2.75, 3.05) is 0 Å². The van der Waals surface area contributed by atoms with Gasteiger partial charge in [0, 0.05) is 63.6 Å². The van der Waals surface area contributed by atoms with E-state index >= 15 is 0 Å². The van der Waals surface area contributed by atoms with Gasteiger partial charge in [0.25, 0.3) is 0 Å². The van der Waals surface area contributed by atoms with Crippen LogP contribution in [0.25, 0.3) is 156 Å². The number of benzene rings is 12. The van der Waals surface area contributed by atoms with Crippen LogP contribution in [0, 0.1) is 17.9 Å². The molecule has 4 heterocycles. The van der Waals surface area contributed by atoms with E-state index in [9.17, 15) is 11.8 Å². The van der Waals surface area contributed by atoms with Crippen molar-refractivity contribution >= 4 is 112 Å². The SMILES string of the molecule is [C-]#[N+]c1c(-c2ccccc2)c(C#N)c(-n2c3c(ccc4c3sc3cccc(-c5ccccc5)c34)c3ccc4c(sc5cccc(-c6ccccc6)c54)c32)c(-c2ccccc2)c1-n1c2ccccc2c2c(-c3ccccc3)cccc21. The molecule has 0 spiro atoms. The zero-order valence-corrected chi connectivity index (χ0v) is 44.5. The highest BCUT2D eigenvalue weighted by molar-refractivity contribution is 7.27. The summed E-state index contributed by atoms with van der Waals surface area (Å²) in [6.07, 6.45) is 0. The maximum absolute atomic E-state index is 12.4. The number of nitriles is 1. The molecule has 0 N–H and O–H groups in total. The van der Waals surface area contributed by atoms with Gasteiger partial charge < -0.3 is 9.13 Å². The Bertz CT molecular complexity index is 5120. The first kappa shape index (κ1) is 45.8. The zero-order valence-electron chi connectivity index (χ0n) is 42.9. The van der Waals surface area contributed by atoms with E-state index in [1.807, 2.05) is 46.9 Å². The first-order valence-electron chi connectivity index (χ1n) is 26.8. The minimum Gasteiger partial charge on any atom is -0.318 e. The summed E-state index contributed by atoms with van der Waals surface area (Å²) >= 11 is 3.62. The fraction of sp³-hybridized carbons (Fsp3) is 0. The van der Waals surface area contributed by atoms with Gasteiger partial charge in [0.1, 0.15) is 6.07 Å². The van der Waals surface area contributed by atoms with Gasteiger partial charge in [-0.1, -0.05) is 231 Å². The van der Waals surface area contributed by atoms with Crippen molar-refractivity contribution in [1.82, 2.24) is 9.13 Å². The molecule has 0 saturated carbocycles. The average molecular weight is 1050 g/mol. The molecule has 16 rings (SSSR count). The average Bonchev–Trinajstić information content (AvgIpc) is 4.33. The molecule has 0 aliphatic carbocycles. The van der Waals surface area contributed by atoms with Gasteiger partial charge in [-0.05, 0) is 68.8 Å². The van der Waals surface area contributed by atoms with Crippen LogP contribution in [-0.4, -0.2) is 9.13 Å². The van der Waals surface area contributed by atoms with Gasteiger partial charge in [-0.3, -0.25) is 0 Å². The summed E-state index contributed by atoms with van der Waals surface area (Å²) in [7, 11) is 0. The molecule has 6 heteroatoms. The molecule has 4 aromatic heterocycles. The standard InChI is InChI=1S/C74H42N4S2/c1-76-68-63(48-28-13-5-14-29-48)58(44-75)69(64(49-30-15-6-16-31-49)72(68)77-59-36-18-17-32-55(59)65-50(33-19-37-60(65)77)45-22-7-2-8-23-45)78-70-53(40-42-56-66-51(46-24-9-3-10-25-46)34-20-38-61(66)79-73(56)70)54-41-43-57-67-52(47-26-11-4-12-27-47)35-21-39-62(67)80-74(57)71(54)78/h2-43H. The Morgan fingerprint density at radius 1 is 0.350 bits per heavy atom. The highest BCUT2D eigenvalue weighted by atomic mass is 32.1. The molecule has 0 aliphatic rings. The normalized spacial score (nSPS) is 11.7. The van der Waals surface area contributed by atoms with Crippen LogP contribution in [0.3, 0.4) is 0 Å². The molecule has 0 atom stereocenters. The summed E-state index contributed by atoms with van der Waals surface area (Å²) in [4.78, 5) is 4.65. The predicted octanol–water partition coefficient (Wildman–Crippen LogP) is 21.4. The molecule has 4 nitrogen and oxygen atoms in total. The number of hydrogen-bond acceptors (Lipinski definition) is 3. The van der Waals surface area contributed by atoms with E-state index in [1.54, 1.807) is 0 Å². The second-order valence-electron chi connectivity index (χ2n) is 20.4. The minimum atomic E-state index is 0.405. The van der Waals surface area contributed by atoms with Crippen LogP contribution >= 0.6 is 22.7 Å². The fourth-order valence-electron chi connectivity index (χ4n) is 12.9. The summed E-state index contributed by atoms with van der Waals surface area (Å²) in [6, 6.07) is 93.3. The second-order valence-corrected chi connectivity index (χ2v) is 22.5. The van der Waals surface area contributed by atoms with E-state index in [0.29, 0.717) is 16.8 Å². The first-order chi connectivity index (χ1) is 39.7. The first-order valence-corrected chi connectivity index (χ1v) is 28.4. The molecule has 0 amide bonds. The molecule has 16 aromatic rings. The van der Waals surface area contributed by atoms with Crippen molar-refractivity contribution in [3.8, 4) is 73.1 Å². The monoisotopic (exact) mass is 1050 g/mol. The summed E-state index contributed by atoms with van der Waals surface area (Å²) in [5.74, 6) is 0. The van der Waals surface area contributed by atoms with Gasteiger partial charge in [-0.15, -0.1) is 22.7 Å². The van der Waals surface area contributed by atoms with E-state index in [1.165, 1.54) is 31.3 Å². The van der Waals surface area contributed by atoms with Crippen molar-refractivity contribution in [2.45, 2.75) is 0 Å². The van der Waals surface area contributed by atoms with Crippen LogP contribution in [-0.2, 0) is 0 Å². The molecule has 0 saturated heterocycles. The minimum absolute atomic E-state index is 0.405. The Hall–Kier alpha value is -10.3. The topological polar surface area (TPSA) is 38.0 Å². The molecule has 0 fully saturated rings. The van der Waals surface area contributed by atoms with Gasteiger partial charge >= 0.3 is 0 Å². The maximum atomic E-state index is 12.4. The Labute approximate surface area is 468 Å². The summed E-state index contributed by atoms with van der Waals surface area (Å²) in [6.45, 7) is 9.53. The van der Waals surface area contributed by atoms with Crippen LogP contribution in [0.15, 0.2) is 255 Å².